The van der Waals surface area contributed by atoms with Crippen molar-refractivity contribution >= 4 is 28.7 Å². The molecule has 1 aliphatic carbocycles. The number of H-pyrrole nitrogens is 1. The van der Waals surface area contributed by atoms with Crippen LogP contribution in [-0.4, -0.2) is 47.6 Å². The van der Waals surface area contributed by atoms with Crippen LogP contribution in [0, 0.1) is 11.6 Å². The number of aromatic amines is 1. The number of rotatable bonds is 7. The predicted molar refractivity (Wildman–Crippen MR) is 194 cm³/mol. The van der Waals surface area contributed by atoms with Gasteiger partial charge in [-0.25, -0.2) is 28.3 Å². The second-order valence-electron chi connectivity index (χ2n) is 14.2. The lowest BCUT2D eigenvalue weighted by molar-refractivity contribution is 0.0523. The fourth-order valence-corrected chi connectivity index (χ4v) is 6.75. The molecular weight excluding hydrogens is 684 g/mol. The van der Waals surface area contributed by atoms with Gasteiger partial charge in [0.1, 0.15) is 34.2 Å². The van der Waals surface area contributed by atoms with Gasteiger partial charge in [-0.05, 0) is 86.9 Å². The lowest BCUT2D eigenvalue weighted by Gasteiger charge is -2.29. The van der Waals surface area contributed by atoms with Crippen molar-refractivity contribution in [1.29, 1.82) is 0 Å². The van der Waals surface area contributed by atoms with Crippen LogP contribution >= 0.6 is 0 Å². The van der Waals surface area contributed by atoms with Crippen molar-refractivity contribution in [3.8, 4) is 22.3 Å². The van der Waals surface area contributed by atoms with E-state index >= 15 is 4.39 Å². The van der Waals surface area contributed by atoms with E-state index in [-0.39, 0.29) is 34.9 Å². The molecule has 2 amide bonds. The molecule has 53 heavy (non-hydrogen) atoms. The average molecular weight is 722 g/mol. The zero-order valence-corrected chi connectivity index (χ0v) is 29.3. The van der Waals surface area contributed by atoms with Crippen molar-refractivity contribution in [3.05, 3.63) is 123 Å². The summed E-state index contributed by atoms with van der Waals surface area (Å²) in [6.07, 6.45) is 4.95. The molecule has 2 aromatic carbocycles. The molecule has 1 fully saturated rings. The van der Waals surface area contributed by atoms with Crippen LogP contribution in [-0.2, 0) is 11.3 Å². The lowest BCUT2D eigenvalue weighted by Crippen LogP contribution is -2.43. The largest absolute Gasteiger partial charge is 0.444 e. The second kappa shape index (κ2) is 14.1. The monoisotopic (exact) mass is 721 g/mol. The topological polar surface area (TPSA) is 152 Å². The van der Waals surface area contributed by atoms with Gasteiger partial charge in [0.05, 0.1) is 11.6 Å². The van der Waals surface area contributed by atoms with Crippen molar-refractivity contribution in [2.24, 2.45) is 0 Å². The van der Waals surface area contributed by atoms with E-state index in [1.807, 2.05) is 30.3 Å². The molecule has 7 rings (SSSR count). The molecule has 0 radical (unpaired) electrons. The number of pyridine rings is 2. The van der Waals surface area contributed by atoms with Gasteiger partial charge in [0.2, 0.25) is 0 Å². The van der Waals surface area contributed by atoms with Crippen LogP contribution in [0.2, 0.25) is 0 Å². The minimum Gasteiger partial charge on any atom is -0.444 e. The highest BCUT2D eigenvalue weighted by atomic mass is 19.1. The first-order valence-electron chi connectivity index (χ1n) is 17.3. The fourth-order valence-electron chi connectivity index (χ4n) is 6.75. The van der Waals surface area contributed by atoms with Gasteiger partial charge in [0.25, 0.3) is 11.5 Å². The fraction of sp³-hybridized carbons (Fsp3) is 0.282. The quantitative estimate of drug-likeness (QED) is 0.175. The summed E-state index contributed by atoms with van der Waals surface area (Å²) in [6.45, 7) is 5.65. The molecule has 272 valence electrons. The molecule has 3 N–H and O–H groups in total. The van der Waals surface area contributed by atoms with E-state index in [1.54, 1.807) is 39.0 Å². The number of imidazole rings is 1. The number of aromatic nitrogens is 5. The van der Waals surface area contributed by atoms with Gasteiger partial charge in [-0.1, -0.05) is 42.5 Å². The first kappa shape index (κ1) is 35.2. The summed E-state index contributed by atoms with van der Waals surface area (Å²) in [5.41, 5.74) is 1.57. The molecule has 0 aliphatic heterocycles. The molecule has 1 saturated carbocycles. The Bertz CT molecular complexity index is 2480. The number of amides is 2. The Morgan fingerprint density at radius 2 is 1.68 bits per heavy atom. The summed E-state index contributed by atoms with van der Waals surface area (Å²) < 4.78 is 37.1. The van der Waals surface area contributed by atoms with Crippen LogP contribution in [0.4, 0.5) is 13.6 Å². The third-order valence-electron chi connectivity index (χ3n) is 9.23. The molecule has 0 bridgehead atoms. The van der Waals surface area contributed by atoms with Crippen molar-refractivity contribution in [2.45, 2.75) is 70.7 Å². The van der Waals surface area contributed by atoms with E-state index in [1.165, 1.54) is 28.9 Å². The highest BCUT2D eigenvalue weighted by Gasteiger charge is 2.28. The van der Waals surface area contributed by atoms with E-state index in [0.29, 0.717) is 36.9 Å². The Morgan fingerprint density at radius 1 is 0.943 bits per heavy atom. The van der Waals surface area contributed by atoms with Crippen LogP contribution in [0.1, 0.15) is 68.5 Å². The SMILES string of the molecule is CC(C)(C)OC(=O)NCc1ccc(-c2cccc(-c3c(F)cnc4[nH]c(=O)n(C5CCC(NC(=O)c6cn7cc(F)ccc7n6)CC5)c(=O)c34)c2)cc1. The number of carbonyl (C=O) groups is 2. The maximum Gasteiger partial charge on any atom is 0.407 e. The number of benzene rings is 2. The molecule has 6 aromatic rings. The first-order valence-corrected chi connectivity index (χ1v) is 17.3. The number of alkyl carbamates (subject to hydrolysis) is 1. The second-order valence-corrected chi connectivity index (χ2v) is 14.2. The molecule has 12 nitrogen and oxygen atoms in total. The Morgan fingerprint density at radius 3 is 2.42 bits per heavy atom. The highest BCUT2D eigenvalue weighted by Crippen LogP contribution is 2.32. The Labute approximate surface area is 301 Å². The van der Waals surface area contributed by atoms with Gasteiger partial charge in [-0.3, -0.25) is 19.1 Å². The van der Waals surface area contributed by atoms with E-state index in [4.69, 9.17) is 4.74 Å². The lowest BCUT2D eigenvalue weighted by atomic mass is 9.90. The van der Waals surface area contributed by atoms with Crippen LogP contribution in [0.25, 0.3) is 38.9 Å². The summed E-state index contributed by atoms with van der Waals surface area (Å²) >= 11 is 0. The number of hydrogen-bond acceptors (Lipinski definition) is 7. The summed E-state index contributed by atoms with van der Waals surface area (Å²) in [6, 6.07) is 16.6. The molecule has 0 saturated heterocycles. The minimum absolute atomic E-state index is 0.0202. The summed E-state index contributed by atoms with van der Waals surface area (Å²) in [5.74, 6) is -1.57. The minimum atomic E-state index is -0.713. The highest BCUT2D eigenvalue weighted by molar-refractivity contribution is 5.94. The summed E-state index contributed by atoms with van der Waals surface area (Å²) in [4.78, 5) is 63.4. The zero-order chi connectivity index (χ0) is 37.4. The van der Waals surface area contributed by atoms with Gasteiger partial charge in [-0.15, -0.1) is 0 Å². The number of hydrogen-bond donors (Lipinski definition) is 3. The van der Waals surface area contributed by atoms with E-state index in [0.717, 1.165) is 27.5 Å². The average Bonchev–Trinajstić information content (AvgIpc) is 3.55. The summed E-state index contributed by atoms with van der Waals surface area (Å²) in [7, 11) is 0. The van der Waals surface area contributed by atoms with Gasteiger partial charge in [0, 0.05) is 36.6 Å². The standard InChI is InChI=1S/C39H37F2N7O5/c1-39(2,3)53-38(52)43-18-22-7-9-23(10-8-22)24-5-4-6-25(17-24)32-29(41)19-42-34-33(32)36(50)48(37(51)46-34)28-14-12-27(13-15-28)44-35(49)30-21-47-20-26(40)11-16-31(47)45-30/h4-11,16-17,19-21,27-28H,12-15,18H2,1-3H3,(H,43,52)(H,44,49)(H,42,46,51). The van der Waals surface area contributed by atoms with Crippen molar-refractivity contribution in [1.82, 2.24) is 34.6 Å². The van der Waals surface area contributed by atoms with E-state index < -0.39 is 46.5 Å². The first-order chi connectivity index (χ1) is 25.3. The maximum absolute atomic E-state index is 15.7. The third-order valence-corrected chi connectivity index (χ3v) is 9.23. The van der Waals surface area contributed by atoms with Gasteiger partial charge in [0.15, 0.2) is 0 Å². The van der Waals surface area contributed by atoms with Gasteiger partial charge in [-0.2, -0.15) is 0 Å². The van der Waals surface area contributed by atoms with Gasteiger partial charge >= 0.3 is 11.8 Å². The Balaban J connectivity index is 1.10. The molecule has 14 heteroatoms. The van der Waals surface area contributed by atoms with Crippen LogP contribution in [0.3, 0.4) is 0 Å². The maximum atomic E-state index is 15.7. The number of carbonyl (C=O) groups excluding carboxylic acids is 2. The molecule has 0 atom stereocenters. The zero-order valence-electron chi connectivity index (χ0n) is 29.3. The third kappa shape index (κ3) is 7.57. The Hall–Kier alpha value is -6.18. The number of halogens is 2. The molecule has 4 heterocycles. The number of nitrogens with one attached hydrogen (secondary N) is 3. The van der Waals surface area contributed by atoms with E-state index in [9.17, 15) is 23.6 Å². The number of fused-ring (bicyclic) bond motifs is 2. The smallest absolute Gasteiger partial charge is 0.407 e. The van der Waals surface area contributed by atoms with Crippen molar-refractivity contribution in [3.63, 3.8) is 0 Å². The molecule has 1 aliphatic rings. The number of nitrogens with zero attached hydrogens (tertiary/aromatic N) is 4. The molecule has 0 spiro atoms. The normalized spacial score (nSPS) is 16.1. The van der Waals surface area contributed by atoms with Crippen LogP contribution in [0.5, 0.6) is 0 Å². The van der Waals surface area contributed by atoms with Crippen molar-refractivity contribution in [2.75, 3.05) is 0 Å². The molecular formula is C39H37F2N7O5. The predicted octanol–water partition coefficient (Wildman–Crippen LogP) is 6.28. The van der Waals surface area contributed by atoms with Crippen LogP contribution in [0.15, 0.2) is 88.8 Å². The molecule has 0 unspecified atom stereocenters. The van der Waals surface area contributed by atoms with Crippen LogP contribution < -0.4 is 21.9 Å². The van der Waals surface area contributed by atoms with E-state index in [2.05, 4.69) is 25.6 Å². The van der Waals surface area contributed by atoms with Gasteiger partial charge < -0.3 is 19.8 Å². The van der Waals surface area contributed by atoms with Crippen molar-refractivity contribution < 1.29 is 23.1 Å². The summed E-state index contributed by atoms with van der Waals surface area (Å²) in [5, 5.41) is 5.65. The molecule has 4 aromatic heterocycles. The number of ether oxygens (including phenoxy) is 1. The Kier molecular flexibility index (Phi) is 9.37.